The minimum absolute atomic E-state index is 0.0450. The molecule has 3 nitrogen and oxygen atoms in total. The number of ether oxygens (including phenoxy) is 1. The number of carbonyl (C=O) groups excluding carboxylic acids is 1. The molecule has 1 amide bonds. The average Bonchev–Trinajstić information content (AvgIpc) is 2.34. The van der Waals surface area contributed by atoms with Gasteiger partial charge in [0, 0.05) is 11.8 Å². The number of alkyl halides is 1. The van der Waals surface area contributed by atoms with Crippen molar-refractivity contribution < 1.29 is 9.53 Å². The van der Waals surface area contributed by atoms with Crippen LogP contribution in [0.2, 0.25) is 0 Å². The molecule has 0 aromatic heterocycles. The number of amides is 1. The average molecular weight is 328 g/mol. The molecule has 1 aromatic carbocycles. The molecule has 0 aliphatic rings. The number of hydrogen-bond donors (Lipinski definition) is 1. The second-order valence-corrected chi connectivity index (χ2v) is 6.20. The van der Waals surface area contributed by atoms with E-state index >= 15 is 0 Å². The minimum Gasteiger partial charge on any atom is -0.492 e. The highest BCUT2D eigenvalue weighted by molar-refractivity contribution is 9.09. The van der Waals surface area contributed by atoms with Gasteiger partial charge in [-0.15, -0.1) is 0 Å². The summed E-state index contributed by atoms with van der Waals surface area (Å²) in [7, 11) is 0. The zero-order valence-corrected chi connectivity index (χ0v) is 13.4. The molecule has 1 aromatic rings. The van der Waals surface area contributed by atoms with Gasteiger partial charge in [-0.05, 0) is 23.1 Å². The van der Waals surface area contributed by atoms with Gasteiger partial charge in [0.25, 0.3) is 0 Å². The lowest BCUT2D eigenvalue weighted by Gasteiger charge is -2.19. The third kappa shape index (κ3) is 6.10. The third-order valence-corrected chi connectivity index (χ3v) is 3.13. The van der Waals surface area contributed by atoms with Crippen molar-refractivity contribution in [1.82, 2.24) is 5.32 Å². The van der Waals surface area contributed by atoms with E-state index in [0.29, 0.717) is 24.9 Å². The van der Waals surface area contributed by atoms with E-state index in [2.05, 4.69) is 54.2 Å². The van der Waals surface area contributed by atoms with E-state index in [4.69, 9.17) is 4.74 Å². The predicted molar refractivity (Wildman–Crippen MR) is 82.1 cm³/mol. The minimum atomic E-state index is 0.0450. The van der Waals surface area contributed by atoms with E-state index in [9.17, 15) is 4.79 Å². The predicted octanol–water partition coefficient (Wildman–Crippen LogP) is 3.26. The SMILES string of the molecule is CC(C)(C)c1ccc(OCCNC(=O)CCBr)cc1. The molecule has 0 unspecified atom stereocenters. The van der Waals surface area contributed by atoms with Crippen LogP contribution in [0.3, 0.4) is 0 Å². The molecule has 0 saturated carbocycles. The number of nitrogens with one attached hydrogen (secondary N) is 1. The topological polar surface area (TPSA) is 38.3 Å². The molecule has 19 heavy (non-hydrogen) atoms. The largest absolute Gasteiger partial charge is 0.492 e. The Balaban J connectivity index is 2.33. The highest BCUT2D eigenvalue weighted by Gasteiger charge is 2.12. The van der Waals surface area contributed by atoms with Crippen LogP contribution in [-0.4, -0.2) is 24.4 Å². The monoisotopic (exact) mass is 327 g/mol. The van der Waals surface area contributed by atoms with Crippen molar-refractivity contribution in [3.05, 3.63) is 29.8 Å². The Labute approximate surface area is 123 Å². The van der Waals surface area contributed by atoms with Crippen molar-refractivity contribution in [1.29, 1.82) is 0 Å². The zero-order chi connectivity index (χ0) is 14.3. The van der Waals surface area contributed by atoms with Crippen molar-refractivity contribution in [3.8, 4) is 5.75 Å². The van der Waals surface area contributed by atoms with Crippen LogP contribution in [0, 0.1) is 0 Å². The summed E-state index contributed by atoms with van der Waals surface area (Å²) in [5.41, 5.74) is 1.44. The van der Waals surface area contributed by atoms with Gasteiger partial charge in [-0.1, -0.05) is 48.8 Å². The van der Waals surface area contributed by atoms with Crippen molar-refractivity contribution in [3.63, 3.8) is 0 Å². The Morgan fingerprint density at radius 2 is 1.89 bits per heavy atom. The van der Waals surface area contributed by atoms with Crippen LogP contribution >= 0.6 is 15.9 Å². The maximum Gasteiger partial charge on any atom is 0.220 e. The Morgan fingerprint density at radius 1 is 1.26 bits per heavy atom. The molecule has 0 saturated heterocycles. The van der Waals surface area contributed by atoms with Gasteiger partial charge in [-0.2, -0.15) is 0 Å². The molecule has 0 fully saturated rings. The van der Waals surface area contributed by atoms with Gasteiger partial charge < -0.3 is 10.1 Å². The molecular weight excluding hydrogens is 306 g/mol. The summed E-state index contributed by atoms with van der Waals surface area (Å²) in [6.07, 6.45) is 0.500. The van der Waals surface area contributed by atoms with Crippen molar-refractivity contribution in [2.75, 3.05) is 18.5 Å². The summed E-state index contributed by atoms with van der Waals surface area (Å²) in [5.74, 6) is 0.881. The Hall–Kier alpha value is -1.03. The molecule has 0 spiro atoms. The maximum atomic E-state index is 11.2. The van der Waals surface area contributed by atoms with E-state index in [-0.39, 0.29) is 11.3 Å². The molecule has 1 N–H and O–H groups in total. The fraction of sp³-hybridized carbons (Fsp3) is 0.533. The standard InChI is InChI=1S/C15H22BrNO2/c1-15(2,3)12-4-6-13(7-5-12)19-11-10-17-14(18)8-9-16/h4-7H,8-11H2,1-3H3,(H,17,18). The molecular formula is C15H22BrNO2. The molecule has 0 heterocycles. The fourth-order valence-corrected chi connectivity index (χ4v) is 1.94. The molecule has 0 aliphatic carbocycles. The number of rotatable bonds is 6. The summed E-state index contributed by atoms with van der Waals surface area (Å²) in [6.45, 7) is 7.57. The van der Waals surface area contributed by atoms with Gasteiger partial charge in [0.15, 0.2) is 0 Å². The molecule has 1 rings (SSSR count). The van der Waals surface area contributed by atoms with Gasteiger partial charge >= 0.3 is 0 Å². The summed E-state index contributed by atoms with van der Waals surface area (Å²) < 4.78 is 5.58. The zero-order valence-electron chi connectivity index (χ0n) is 11.8. The quantitative estimate of drug-likeness (QED) is 0.643. The highest BCUT2D eigenvalue weighted by atomic mass is 79.9. The van der Waals surface area contributed by atoms with Gasteiger partial charge in [0.2, 0.25) is 5.91 Å². The molecule has 106 valence electrons. The first kappa shape index (κ1) is 16.0. The van der Waals surface area contributed by atoms with Crippen LogP contribution in [0.4, 0.5) is 0 Å². The number of hydrogen-bond acceptors (Lipinski definition) is 2. The Morgan fingerprint density at radius 3 is 2.42 bits per heavy atom. The second-order valence-electron chi connectivity index (χ2n) is 5.41. The van der Waals surface area contributed by atoms with Gasteiger partial charge in [0.05, 0.1) is 6.54 Å². The van der Waals surface area contributed by atoms with Crippen molar-refractivity contribution in [2.24, 2.45) is 0 Å². The highest BCUT2D eigenvalue weighted by Crippen LogP contribution is 2.24. The lowest BCUT2D eigenvalue weighted by molar-refractivity contribution is -0.120. The number of halogens is 1. The van der Waals surface area contributed by atoms with Gasteiger partial charge in [-0.25, -0.2) is 0 Å². The van der Waals surface area contributed by atoms with Crippen molar-refractivity contribution in [2.45, 2.75) is 32.6 Å². The first-order chi connectivity index (χ1) is 8.93. The molecule has 4 heteroatoms. The Kier molecular flexibility index (Phi) is 6.35. The Bertz CT molecular complexity index is 396. The van der Waals surface area contributed by atoms with Crippen LogP contribution in [-0.2, 0) is 10.2 Å². The van der Waals surface area contributed by atoms with E-state index in [1.54, 1.807) is 0 Å². The van der Waals surface area contributed by atoms with Gasteiger partial charge in [-0.3, -0.25) is 4.79 Å². The van der Waals surface area contributed by atoms with Crippen LogP contribution < -0.4 is 10.1 Å². The number of carbonyl (C=O) groups is 1. The molecule has 0 bridgehead atoms. The molecule has 0 radical (unpaired) electrons. The summed E-state index contributed by atoms with van der Waals surface area (Å²) in [4.78, 5) is 11.2. The lowest BCUT2D eigenvalue weighted by Crippen LogP contribution is -2.28. The van der Waals surface area contributed by atoms with Crippen LogP contribution in [0.5, 0.6) is 5.75 Å². The van der Waals surface area contributed by atoms with E-state index in [0.717, 1.165) is 5.75 Å². The van der Waals surface area contributed by atoms with Crippen LogP contribution in [0.1, 0.15) is 32.8 Å². The lowest BCUT2D eigenvalue weighted by atomic mass is 9.87. The maximum absolute atomic E-state index is 11.2. The normalized spacial score (nSPS) is 11.2. The van der Waals surface area contributed by atoms with Crippen molar-refractivity contribution >= 4 is 21.8 Å². The number of benzene rings is 1. The molecule has 0 atom stereocenters. The fourth-order valence-electron chi connectivity index (χ4n) is 1.58. The summed E-state index contributed by atoms with van der Waals surface area (Å²) in [5, 5.41) is 3.48. The molecule has 0 aliphatic heterocycles. The third-order valence-electron chi connectivity index (χ3n) is 2.73. The van der Waals surface area contributed by atoms with E-state index in [1.807, 2.05) is 12.1 Å². The van der Waals surface area contributed by atoms with Gasteiger partial charge in [0.1, 0.15) is 12.4 Å². The van der Waals surface area contributed by atoms with Crippen LogP contribution in [0.15, 0.2) is 24.3 Å². The summed E-state index contributed by atoms with van der Waals surface area (Å²) in [6, 6.07) is 8.11. The van der Waals surface area contributed by atoms with Crippen LogP contribution in [0.25, 0.3) is 0 Å². The van der Waals surface area contributed by atoms with E-state index in [1.165, 1.54) is 5.56 Å². The smallest absolute Gasteiger partial charge is 0.220 e. The summed E-state index contributed by atoms with van der Waals surface area (Å²) >= 11 is 3.23. The second kappa shape index (κ2) is 7.53. The first-order valence-corrected chi connectivity index (χ1v) is 7.61. The van der Waals surface area contributed by atoms with E-state index < -0.39 is 0 Å². The first-order valence-electron chi connectivity index (χ1n) is 6.49.